The van der Waals surface area contributed by atoms with Gasteiger partial charge in [-0.1, -0.05) is 274 Å². The summed E-state index contributed by atoms with van der Waals surface area (Å²) in [5.74, 6) is -0.901. The van der Waals surface area contributed by atoms with Crippen LogP contribution in [0.2, 0.25) is 0 Å². The SMILES string of the molecule is Brc1ccc(-c2ccccc2)cc1.CC(C)c1cccc2c1oc1ccc3c(c12)-c1c(ccc2c1oc1cccc(-c4ccccc4)c12)C(=O)C3=O.CC(C)c1cccc2c1oc1ccc3c(c12)-c1c(ccc2c1oc1cccc(-c4ccccc4)c12)C(O)(c1ccc(-c2ccccc2)cc1)C3=O. The number of carbonyl (C=O) groups excluding carboxylic acids is 3. The molecule has 0 saturated heterocycles. The molecule has 4 heterocycles. The molecule has 4 aromatic heterocycles. The smallest absolute Gasteiger partial charge is 0.234 e. The Morgan fingerprint density at radius 1 is 0.301 bits per heavy atom. The van der Waals surface area contributed by atoms with Gasteiger partial charge in [-0.3, -0.25) is 14.4 Å². The topological polar surface area (TPSA) is 124 Å². The van der Waals surface area contributed by atoms with Crippen LogP contribution in [-0.2, 0) is 5.60 Å². The van der Waals surface area contributed by atoms with Gasteiger partial charge < -0.3 is 22.8 Å². The molecule has 18 aromatic rings. The van der Waals surface area contributed by atoms with Crippen molar-refractivity contribution in [2.24, 2.45) is 0 Å². The molecular formula is C94H63BrO8. The molecule has 2 aliphatic rings. The molecule has 494 valence electrons. The summed E-state index contributed by atoms with van der Waals surface area (Å²) >= 11 is 3.42. The number of ketones is 3. The van der Waals surface area contributed by atoms with Crippen molar-refractivity contribution in [2.45, 2.75) is 45.1 Å². The molecule has 0 radical (unpaired) electrons. The van der Waals surface area contributed by atoms with Crippen LogP contribution in [0.25, 0.3) is 155 Å². The van der Waals surface area contributed by atoms with E-state index in [4.69, 9.17) is 17.7 Å². The van der Waals surface area contributed by atoms with Crippen molar-refractivity contribution >= 4 is 121 Å². The van der Waals surface area contributed by atoms with Gasteiger partial charge in [0.25, 0.3) is 0 Å². The van der Waals surface area contributed by atoms with E-state index in [0.717, 1.165) is 120 Å². The maximum Gasteiger partial charge on any atom is 0.234 e. The molecule has 1 N–H and O–H groups in total. The Morgan fingerprint density at radius 2 is 0.670 bits per heavy atom. The average Bonchev–Trinajstić information content (AvgIpc) is 1.67. The van der Waals surface area contributed by atoms with Crippen LogP contribution in [0.15, 0.2) is 313 Å². The second-order valence-electron chi connectivity index (χ2n) is 27.2. The first kappa shape index (κ1) is 62.9. The van der Waals surface area contributed by atoms with Gasteiger partial charge in [0.15, 0.2) is 5.60 Å². The Bertz CT molecular complexity index is 6480. The number of Topliss-reactive ketones (excluding diaryl/α,β-unsaturated/α-hetero) is 3. The molecule has 0 spiro atoms. The van der Waals surface area contributed by atoms with Crippen molar-refractivity contribution in [3.8, 4) is 66.8 Å². The predicted octanol–water partition coefficient (Wildman–Crippen LogP) is 25.5. The van der Waals surface area contributed by atoms with Crippen molar-refractivity contribution in [1.29, 1.82) is 0 Å². The van der Waals surface area contributed by atoms with Crippen LogP contribution < -0.4 is 0 Å². The predicted molar refractivity (Wildman–Crippen MR) is 419 cm³/mol. The van der Waals surface area contributed by atoms with Gasteiger partial charge in [0.1, 0.15) is 44.7 Å². The van der Waals surface area contributed by atoms with Crippen LogP contribution in [0.1, 0.15) is 92.9 Å². The summed E-state index contributed by atoms with van der Waals surface area (Å²) in [6.07, 6.45) is 0. The number of furan rings is 4. The summed E-state index contributed by atoms with van der Waals surface area (Å²) in [7, 11) is 0. The highest BCUT2D eigenvalue weighted by molar-refractivity contribution is 9.10. The molecule has 1 atom stereocenters. The summed E-state index contributed by atoms with van der Waals surface area (Å²) in [6, 6.07) is 96.2. The molecule has 20 rings (SSSR count). The molecule has 0 amide bonds. The van der Waals surface area contributed by atoms with E-state index in [1.54, 1.807) is 24.3 Å². The fourth-order valence-corrected chi connectivity index (χ4v) is 16.0. The molecule has 0 aliphatic heterocycles. The first-order valence-corrected chi connectivity index (χ1v) is 35.5. The van der Waals surface area contributed by atoms with Gasteiger partial charge in [-0.15, -0.1) is 0 Å². The van der Waals surface area contributed by atoms with E-state index in [-0.39, 0.29) is 17.6 Å². The lowest BCUT2D eigenvalue weighted by molar-refractivity contribution is 0.0483. The van der Waals surface area contributed by atoms with Gasteiger partial charge in [-0.05, 0) is 134 Å². The molecular weight excluding hydrogens is 1340 g/mol. The fraction of sp³-hybridized carbons (Fsp3) is 0.0745. The maximum absolute atomic E-state index is 15.0. The zero-order valence-electron chi connectivity index (χ0n) is 56.6. The van der Waals surface area contributed by atoms with Crippen molar-refractivity contribution in [3.05, 3.63) is 335 Å². The van der Waals surface area contributed by atoms with Gasteiger partial charge in [0.2, 0.25) is 17.3 Å². The minimum atomic E-state index is -1.97. The molecule has 14 aromatic carbocycles. The van der Waals surface area contributed by atoms with E-state index in [0.29, 0.717) is 66.8 Å². The van der Waals surface area contributed by atoms with Crippen LogP contribution in [0.5, 0.6) is 0 Å². The number of benzene rings is 14. The summed E-state index contributed by atoms with van der Waals surface area (Å²) in [5.41, 5.74) is 19.7. The highest BCUT2D eigenvalue weighted by atomic mass is 79.9. The first-order valence-electron chi connectivity index (χ1n) is 34.7. The fourth-order valence-electron chi connectivity index (χ4n) is 15.8. The van der Waals surface area contributed by atoms with Gasteiger partial charge in [0, 0.05) is 92.1 Å². The lowest BCUT2D eigenvalue weighted by Crippen LogP contribution is -2.40. The molecule has 8 nitrogen and oxygen atoms in total. The Labute approximate surface area is 600 Å². The molecule has 1 unspecified atom stereocenters. The Morgan fingerprint density at radius 3 is 1.16 bits per heavy atom. The monoisotopic (exact) mass is 1400 g/mol. The quantitative estimate of drug-likeness (QED) is 0.157. The zero-order valence-corrected chi connectivity index (χ0v) is 58.1. The molecule has 0 saturated carbocycles. The molecule has 9 heteroatoms. The van der Waals surface area contributed by atoms with Gasteiger partial charge >= 0.3 is 0 Å². The van der Waals surface area contributed by atoms with Crippen LogP contribution in [0.3, 0.4) is 0 Å². The van der Waals surface area contributed by atoms with E-state index >= 15 is 0 Å². The lowest BCUT2D eigenvalue weighted by Gasteiger charge is -2.35. The van der Waals surface area contributed by atoms with E-state index in [9.17, 15) is 19.5 Å². The van der Waals surface area contributed by atoms with E-state index in [1.165, 1.54) is 11.1 Å². The van der Waals surface area contributed by atoms with Gasteiger partial charge in [-0.2, -0.15) is 0 Å². The highest BCUT2D eigenvalue weighted by Gasteiger charge is 2.49. The number of hydrogen-bond acceptors (Lipinski definition) is 8. The Kier molecular flexibility index (Phi) is 15.2. The lowest BCUT2D eigenvalue weighted by atomic mass is 9.70. The number of carbonyl (C=O) groups is 3. The summed E-state index contributed by atoms with van der Waals surface area (Å²) in [5, 5.41) is 20.3. The largest absolute Gasteiger partial charge is 0.456 e. The number of aliphatic hydroxyl groups is 1. The van der Waals surface area contributed by atoms with Gasteiger partial charge in [-0.25, -0.2) is 0 Å². The number of rotatable bonds is 7. The highest BCUT2D eigenvalue weighted by Crippen LogP contribution is 2.55. The van der Waals surface area contributed by atoms with Crippen molar-refractivity contribution < 1.29 is 37.2 Å². The van der Waals surface area contributed by atoms with Crippen molar-refractivity contribution in [2.75, 3.05) is 0 Å². The van der Waals surface area contributed by atoms with E-state index < -0.39 is 17.2 Å². The third kappa shape index (κ3) is 10.1. The second-order valence-corrected chi connectivity index (χ2v) is 28.1. The van der Waals surface area contributed by atoms with Crippen LogP contribution in [-0.4, -0.2) is 22.5 Å². The number of hydrogen-bond donors (Lipinski definition) is 1. The van der Waals surface area contributed by atoms with Crippen LogP contribution in [0.4, 0.5) is 0 Å². The molecule has 0 bridgehead atoms. The minimum absolute atomic E-state index is 0.237. The van der Waals surface area contributed by atoms with Crippen LogP contribution >= 0.6 is 15.9 Å². The third-order valence-corrected chi connectivity index (χ3v) is 21.2. The van der Waals surface area contributed by atoms with Crippen molar-refractivity contribution in [3.63, 3.8) is 0 Å². The number of para-hydroxylation sites is 2. The van der Waals surface area contributed by atoms with E-state index in [2.05, 4.69) is 153 Å². The zero-order chi connectivity index (χ0) is 69.9. The first-order chi connectivity index (χ1) is 50.3. The third-order valence-electron chi connectivity index (χ3n) is 20.7. The summed E-state index contributed by atoms with van der Waals surface area (Å²) in [6.45, 7) is 8.58. The molecule has 2 aliphatic carbocycles. The standard InChI is InChI=1S/C47H32O4.C35H22O4.C12H9Br/c1-27(2)32-15-9-17-34-41-39(50-44(32)34)26-24-36-42(41)43-37(47(49,46(36)48)31-21-19-29(20-22-31)28-11-5-3-6-12-28)25-23-35-40-33(30-13-7-4-8-14-30)16-10-18-38(40)51-45(35)43;1-18(2)20-10-6-12-24-29-27(38-34(20)24)17-16-22-30(29)31-23(33(37)32(22)36)14-15-25-28-21(19-8-4-3-5-9-19)11-7-13-26(28)39-35(25)31;13-12-8-6-11(7-9-12)10-4-2-1-3-5-10/h3-27,49H,1-2H3;3-18H,1-2H3;1-9H. The van der Waals surface area contributed by atoms with E-state index in [1.807, 2.05) is 158 Å². The Balaban J connectivity index is 0.000000128. The summed E-state index contributed by atoms with van der Waals surface area (Å²) in [4.78, 5) is 41.8. The normalized spacial score (nSPS) is 14.0. The number of fused-ring (bicyclic) bond motifs is 22. The van der Waals surface area contributed by atoms with Crippen molar-refractivity contribution in [1.82, 2.24) is 0 Å². The second kappa shape index (κ2) is 24.8. The number of halogens is 1. The minimum Gasteiger partial charge on any atom is -0.456 e. The van der Waals surface area contributed by atoms with Gasteiger partial charge in [0.05, 0.1) is 0 Å². The average molecular weight is 1400 g/mol. The molecule has 103 heavy (non-hydrogen) atoms. The summed E-state index contributed by atoms with van der Waals surface area (Å²) < 4.78 is 27.5. The molecule has 0 fully saturated rings. The Hall–Kier alpha value is -12.3. The maximum atomic E-state index is 15.0. The van der Waals surface area contributed by atoms with Crippen LogP contribution in [0, 0.1) is 0 Å².